The third kappa shape index (κ3) is 2.32. The van der Waals surface area contributed by atoms with Gasteiger partial charge in [-0.2, -0.15) is 0 Å². The number of carbonyl (C=O) groups excluding carboxylic acids is 1. The fourth-order valence-corrected chi connectivity index (χ4v) is 3.98. The van der Waals surface area contributed by atoms with Gasteiger partial charge in [0, 0.05) is 5.56 Å². The van der Waals surface area contributed by atoms with Gasteiger partial charge in [0.15, 0.2) is 5.76 Å². The van der Waals surface area contributed by atoms with Crippen LogP contribution in [0.5, 0.6) is 0 Å². The first kappa shape index (κ1) is 13.2. The lowest BCUT2D eigenvalue weighted by Crippen LogP contribution is -2.10. The minimum absolute atomic E-state index is 0.255. The van der Waals surface area contributed by atoms with Crippen LogP contribution in [0.3, 0.4) is 0 Å². The highest BCUT2D eigenvalue weighted by Crippen LogP contribution is 2.37. The third-order valence-corrected chi connectivity index (χ3v) is 5.06. The van der Waals surface area contributed by atoms with E-state index in [2.05, 4.69) is 10.3 Å². The smallest absolute Gasteiger partial charge is 0.291 e. The van der Waals surface area contributed by atoms with Crippen LogP contribution < -0.4 is 5.32 Å². The van der Waals surface area contributed by atoms with Gasteiger partial charge in [-0.25, -0.2) is 4.98 Å². The summed E-state index contributed by atoms with van der Waals surface area (Å²) in [6, 6.07) is 13.3. The fraction of sp³-hybridized carbons (Fsp3) is 0. The number of thiazole rings is 1. The number of fused-ring (bicyclic) bond motifs is 1. The molecular weight excluding hydrogens is 316 g/mol. The normalized spacial score (nSPS) is 10.9. The number of anilines is 1. The maximum atomic E-state index is 12.1. The molecule has 1 amide bonds. The van der Waals surface area contributed by atoms with Gasteiger partial charge in [0.25, 0.3) is 5.91 Å². The number of rotatable bonds is 3. The van der Waals surface area contributed by atoms with Crippen LogP contribution in [0.25, 0.3) is 20.8 Å². The van der Waals surface area contributed by atoms with Crippen LogP contribution >= 0.6 is 22.7 Å². The van der Waals surface area contributed by atoms with Gasteiger partial charge in [0.05, 0.1) is 16.5 Å². The second-order valence-electron chi connectivity index (χ2n) is 4.58. The summed E-state index contributed by atoms with van der Waals surface area (Å²) in [5, 5.41) is 6.51. The van der Waals surface area contributed by atoms with Gasteiger partial charge < -0.3 is 9.73 Å². The number of para-hydroxylation sites is 1. The summed E-state index contributed by atoms with van der Waals surface area (Å²) in [6.45, 7) is 0. The Morgan fingerprint density at radius 2 is 2.05 bits per heavy atom. The number of hydrogen-bond acceptors (Lipinski definition) is 5. The van der Waals surface area contributed by atoms with Crippen LogP contribution in [0.4, 0.5) is 5.00 Å². The molecule has 0 spiro atoms. The maximum absolute atomic E-state index is 12.1. The van der Waals surface area contributed by atoms with Gasteiger partial charge in [-0.15, -0.1) is 22.7 Å². The van der Waals surface area contributed by atoms with E-state index in [1.807, 2.05) is 35.7 Å². The summed E-state index contributed by atoms with van der Waals surface area (Å²) in [4.78, 5) is 16.7. The zero-order chi connectivity index (χ0) is 14.9. The van der Waals surface area contributed by atoms with E-state index in [0.29, 0.717) is 5.76 Å². The van der Waals surface area contributed by atoms with Crippen LogP contribution in [0.15, 0.2) is 58.5 Å². The Morgan fingerprint density at radius 1 is 1.14 bits per heavy atom. The maximum Gasteiger partial charge on any atom is 0.291 e. The van der Waals surface area contributed by atoms with Gasteiger partial charge in [0.1, 0.15) is 10.0 Å². The number of aromatic nitrogens is 1. The molecule has 3 aromatic heterocycles. The Bertz CT molecular complexity index is 905. The zero-order valence-electron chi connectivity index (χ0n) is 11.3. The van der Waals surface area contributed by atoms with E-state index in [0.717, 1.165) is 25.8 Å². The van der Waals surface area contributed by atoms with Crippen molar-refractivity contribution in [2.45, 2.75) is 0 Å². The second kappa shape index (κ2) is 5.40. The van der Waals surface area contributed by atoms with Crippen molar-refractivity contribution in [3.63, 3.8) is 0 Å². The van der Waals surface area contributed by atoms with E-state index in [1.165, 1.54) is 17.6 Å². The molecule has 0 aliphatic carbocycles. The van der Waals surface area contributed by atoms with Crippen molar-refractivity contribution in [2.24, 2.45) is 0 Å². The molecule has 22 heavy (non-hydrogen) atoms. The zero-order valence-corrected chi connectivity index (χ0v) is 12.9. The molecule has 1 N–H and O–H groups in total. The highest BCUT2D eigenvalue weighted by Gasteiger charge is 2.16. The first-order valence-electron chi connectivity index (χ1n) is 6.59. The molecule has 0 aliphatic rings. The molecule has 0 atom stereocenters. The highest BCUT2D eigenvalue weighted by atomic mass is 32.1. The summed E-state index contributed by atoms with van der Waals surface area (Å²) in [5.74, 6) is 0.0402. The second-order valence-corrected chi connectivity index (χ2v) is 6.53. The predicted octanol–water partition coefficient (Wildman–Crippen LogP) is 4.87. The van der Waals surface area contributed by atoms with Gasteiger partial charge in [-0.3, -0.25) is 4.79 Å². The molecule has 3 heterocycles. The molecular formula is C16H10N2O2S2. The molecule has 0 fully saturated rings. The molecule has 0 bridgehead atoms. The number of nitrogens with zero attached hydrogens (tertiary/aromatic N) is 1. The quantitative estimate of drug-likeness (QED) is 0.584. The standard InChI is InChI=1S/C16H10N2O2S2/c19-14(12-5-3-8-20-12)18-15-10(7-9-21-15)16-17-11-4-1-2-6-13(11)22-16/h1-9H,(H,18,19). The summed E-state index contributed by atoms with van der Waals surface area (Å²) in [7, 11) is 0. The van der Waals surface area contributed by atoms with Crippen molar-refractivity contribution < 1.29 is 9.21 Å². The minimum Gasteiger partial charge on any atom is -0.459 e. The van der Waals surface area contributed by atoms with Crippen LogP contribution in [0, 0.1) is 0 Å². The molecule has 4 aromatic rings. The van der Waals surface area contributed by atoms with Crippen molar-refractivity contribution >= 4 is 43.8 Å². The largest absolute Gasteiger partial charge is 0.459 e. The van der Waals surface area contributed by atoms with E-state index in [-0.39, 0.29) is 5.91 Å². The number of amides is 1. The van der Waals surface area contributed by atoms with Crippen molar-refractivity contribution in [1.29, 1.82) is 0 Å². The van der Waals surface area contributed by atoms with Crippen LogP contribution in [0.2, 0.25) is 0 Å². The molecule has 1 aromatic carbocycles. The average Bonchev–Trinajstić information content (AvgIpc) is 3.26. The van der Waals surface area contributed by atoms with Crippen molar-refractivity contribution in [3.8, 4) is 10.6 Å². The summed E-state index contributed by atoms with van der Waals surface area (Å²) in [6.07, 6.45) is 1.48. The van der Waals surface area contributed by atoms with E-state index >= 15 is 0 Å². The highest BCUT2D eigenvalue weighted by molar-refractivity contribution is 7.22. The summed E-state index contributed by atoms with van der Waals surface area (Å²) >= 11 is 3.09. The molecule has 0 radical (unpaired) electrons. The lowest BCUT2D eigenvalue weighted by molar-refractivity contribution is 0.0997. The van der Waals surface area contributed by atoms with Gasteiger partial charge in [-0.1, -0.05) is 12.1 Å². The monoisotopic (exact) mass is 326 g/mol. The SMILES string of the molecule is O=C(Nc1sccc1-c1nc2ccccc2s1)c1ccco1. The van der Waals surface area contributed by atoms with Crippen LogP contribution in [0.1, 0.15) is 10.6 Å². The minimum atomic E-state index is -0.255. The van der Waals surface area contributed by atoms with Gasteiger partial charge in [-0.05, 0) is 35.7 Å². The summed E-state index contributed by atoms with van der Waals surface area (Å²) < 4.78 is 6.25. The number of hydrogen-bond donors (Lipinski definition) is 1. The molecule has 6 heteroatoms. The first-order chi connectivity index (χ1) is 10.8. The topological polar surface area (TPSA) is 55.1 Å². The Balaban J connectivity index is 1.69. The molecule has 0 saturated carbocycles. The van der Waals surface area contributed by atoms with Crippen molar-refractivity contribution in [1.82, 2.24) is 4.98 Å². The van der Waals surface area contributed by atoms with Gasteiger partial charge in [0.2, 0.25) is 0 Å². The number of benzene rings is 1. The number of carbonyl (C=O) groups is 1. The van der Waals surface area contributed by atoms with E-state index in [9.17, 15) is 4.79 Å². The first-order valence-corrected chi connectivity index (χ1v) is 8.29. The predicted molar refractivity (Wildman–Crippen MR) is 89.6 cm³/mol. The molecule has 0 saturated heterocycles. The van der Waals surface area contributed by atoms with Crippen molar-refractivity contribution in [2.75, 3.05) is 5.32 Å². The average molecular weight is 326 g/mol. The molecule has 4 rings (SSSR count). The Labute approximate surface area is 134 Å². The summed E-state index contributed by atoms with van der Waals surface area (Å²) in [5.41, 5.74) is 1.91. The number of thiophene rings is 1. The number of nitrogens with one attached hydrogen (secondary N) is 1. The lowest BCUT2D eigenvalue weighted by Gasteiger charge is -2.02. The molecule has 0 unspecified atom stereocenters. The lowest BCUT2D eigenvalue weighted by atomic mass is 10.3. The van der Waals surface area contributed by atoms with E-state index in [1.54, 1.807) is 23.5 Å². The van der Waals surface area contributed by atoms with Gasteiger partial charge >= 0.3 is 0 Å². The Hall–Kier alpha value is -2.44. The van der Waals surface area contributed by atoms with Crippen LogP contribution in [-0.2, 0) is 0 Å². The molecule has 4 nitrogen and oxygen atoms in total. The fourth-order valence-electron chi connectivity index (χ4n) is 2.13. The molecule has 0 aliphatic heterocycles. The van der Waals surface area contributed by atoms with Crippen LogP contribution in [-0.4, -0.2) is 10.9 Å². The Kier molecular flexibility index (Phi) is 3.25. The molecule has 108 valence electrons. The van der Waals surface area contributed by atoms with E-state index in [4.69, 9.17) is 4.42 Å². The van der Waals surface area contributed by atoms with E-state index < -0.39 is 0 Å². The third-order valence-electron chi connectivity index (χ3n) is 3.16. The Morgan fingerprint density at radius 3 is 2.86 bits per heavy atom. The van der Waals surface area contributed by atoms with Crippen molar-refractivity contribution in [3.05, 3.63) is 59.9 Å². The number of furan rings is 1.